The van der Waals surface area contributed by atoms with Crippen molar-refractivity contribution in [1.82, 2.24) is 4.90 Å². The maximum absolute atomic E-state index is 12.1. The monoisotopic (exact) mass is 291 g/mol. The maximum Gasteiger partial charge on any atom is 0.323 e. The first-order valence-electron chi connectivity index (χ1n) is 7.16. The predicted octanol–water partition coefficient (Wildman–Crippen LogP) is 2.01. The van der Waals surface area contributed by atoms with Crippen molar-refractivity contribution in [2.45, 2.75) is 26.7 Å². The molecule has 0 heterocycles. The number of carbonyl (C=O) groups is 2. The van der Waals surface area contributed by atoms with Crippen LogP contribution in [0.4, 0.5) is 0 Å². The van der Waals surface area contributed by atoms with Gasteiger partial charge in [-0.3, -0.25) is 9.59 Å². The second-order valence-corrected chi connectivity index (χ2v) is 5.60. The van der Waals surface area contributed by atoms with E-state index in [1.807, 2.05) is 32.0 Å². The van der Waals surface area contributed by atoms with E-state index in [-0.39, 0.29) is 19.1 Å². The van der Waals surface area contributed by atoms with Gasteiger partial charge in [0.1, 0.15) is 12.3 Å². The van der Waals surface area contributed by atoms with E-state index in [1.54, 1.807) is 0 Å². The molecule has 114 valence electrons. The van der Waals surface area contributed by atoms with E-state index in [1.165, 1.54) is 4.90 Å². The highest BCUT2D eigenvalue weighted by Gasteiger charge is 2.28. The van der Waals surface area contributed by atoms with Gasteiger partial charge in [0.25, 0.3) is 5.91 Å². The molecule has 1 aliphatic carbocycles. The Labute approximate surface area is 124 Å². The van der Waals surface area contributed by atoms with Gasteiger partial charge >= 0.3 is 5.97 Å². The topological polar surface area (TPSA) is 66.8 Å². The number of aryl methyl sites for hydroxylation is 1. The zero-order valence-electron chi connectivity index (χ0n) is 12.5. The fourth-order valence-corrected chi connectivity index (χ4v) is 2.14. The third kappa shape index (κ3) is 4.48. The lowest BCUT2D eigenvalue weighted by Crippen LogP contribution is -2.40. The molecule has 0 bridgehead atoms. The molecule has 1 amide bonds. The van der Waals surface area contributed by atoms with Gasteiger partial charge in [0, 0.05) is 6.54 Å². The van der Waals surface area contributed by atoms with Crippen LogP contribution in [-0.4, -0.2) is 41.6 Å². The summed E-state index contributed by atoms with van der Waals surface area (Å²) in [4.78, 5) is 24.4. The molecule has 1 aliphatic rings. The average molecular weight is 291 g/mol. The molecule has 1 fully saturated rings. The standard InChI is InChI=1S/C16H21NO4/c1-11-4-3-5-14(12(11)2)21-10-15(18)17(9-16(19)20)8-13-6-7-13/h3-5,13H,6-10H2,1-2H3,(H,19,20). The zero-order valence-corrected chi connectivity index (χ0v) is 12.5. The lowest BCUT2D eigenvalue weighted by Gasteiger charge is -2.21. The fraction of sp³-hybridized carbons (Fsp3) is 0.500. The molecule has 0 radical (unpaired) electrons. The van der Waals surface area contributed by atoms with Crippen molar-refractivity contribution in [3.05, 3.63) is 29.3 Å². The van der Waals surface area contributed by atoms with Gasteiger partial charge in [0.05, 0.1) is 0 Å². The predicted molar refractivity (Wildman–Crippen MR) is 78.4 cm³/mol. The third-order valence-corrected chi connectivity index (χ3v) is 3.76. The Balaban J connectivity index is 1.94. The van der Waals surface area contributed by atoms with Crippen molar-refractivity contribution in [1.29, 1.82) is 0 Å². The van der Waals surface area contributed by atoms with E-state index in [0.29, 0.717) is 18.2 Å². The molecule has 5 nitrogen and oxygen atoms in total. The van der Waals surface area contributed by atoms with Gasteiger partial charge < -0.3 is 14.7 Å². The van der Waals surface area contributed by atoms with Gasteiger partial charge in [-0.1, -0.05) is 12.1 Å². The van der Waals surface area contributed by atoms with E-state index in [2.05, 4.69) is 0 Å². The summed E-state index contributed by atoms with van der Waals surface area (Å²) >= 11 is 0. The first-order valence-corrected chi connectivity index (χ1v) is 7.16. The van der Waals surface area contributed by atoms with Crippen LogP contribution in [0.15, 0.2) is 18.2 Å². The normalized spacial score (nSPS) is 13.8. The lowest BCUT2D eigenvalue weighted by molar-refractivity contribution is -0.145. The highest BCUT2D eigenvalue weighted by atomic mass is 16.5. The van der Waals surface area contributed by atoms with Crippen LogP contribution < -0.4 is 4.74 Å². The molecule has 5 heteroatoms. The van der Waals surface area contributed by atoms with Gasteiger partial charge in [0.2, 0.25) is 0 Å². The van der Waals surface area contributed by atoms with Crippen LogP contribution in [-0.2, 0) is 9.59 Å². The summed E-state index contributed by atoms with van der Waals surface area (Å²) in [6.07, 6.45) is 2.14. The number of hydrogen-bond donors (Lipinski definition) is 1. The van der Waals surface area contributed by atoms with Crippen molar-refractivity contribution in [2.24, 2.45) is 5.92 Å². The van der Waals surface area contributed by atoms with E-state index in [9.17, 15) is 9.59 Å². The average Bonchev–Trinajstić information content (AvgIpc) is 3.23. The largest absolute Gasteiger partial charge is 0.483 e. The van der Waals surface area contributed by atoms with Crippen LogP contribution in [0, 0.1) is 19.8 Å². The molecule has 0 aliphatic heterocycles. The minimum Gasteiger partial charge on any atom is -0.483 e. The summed E-state index contributed by atoms with van der Waals surface area (Å²) in [6.45, 7) is 4.05. The highest BCUT2D eigenvalue weighted by Crippen LogP contribution is 2.29. The van der Waals surface area contributed by atoms with Crippen molar-refractivity contribution in [3.63, 3.8) is 0 Å². The molecular formula is C16H21NO4. The number of amides is 1. The van der Waals surface area contributed by atoms with Crippen molar-refractivity contribution in [3.8, 4) is 5.75 Å². The summed E-state index contributed by atoms with van der Waals surface area (Å²) in [5, 5.41) is 8.90. The first kappa shape index (κ1) is 15.4. The van der Waals surface area contributed by atoms with Crippen LogP contribution in [0.25, 0.3) is 0 Å². The number of carboxylic acids is 1. The number of benzene rings is 1. The lowest BCUT2D eigenvalue weighted by atomic mass is 10.1. The van der Waals surface area contributed by atoms with Crippen LogP contribution >= 0.6 is 0 Å². The number of carboxylic acid groups (broad SMARTS) is 1. The minimum atomic E-state index is -0.990. The van der Waals surface area contributed by atoms with E-state index >= 15 is 0 Å². The number of carbonyl (C=O) groups excluding carboxylic acids is 1. The molecule has 0 aromatic heterocycles. The Morgan fingerprint density at radius 1 is 1.33 bits per heavy atom. The van der Waals surface area contributed by atoms with Crippen LogP contribution in [0.1, 0.15) is 24.0 Å². The van der Waals surface area contributed by atoms with E-state index in [0.717, 1.165) is 24.0 Å². The molecule has 1 saturated carbocycles. The second-order valence-electron chi connectivity index (χ2n) is 5.60. The fourth-order valence-electron chi connectivity index (χ4n) is 2.14. The smallest absolute Gasteiger partial charge is 0.323 e. The maximum atomic E-state index is 12.1. The summed E-state index contributed by atoms with van der Waals surface area (Å²) in [5.74, 6) is -0.139. The molecule has 0 unspecified atom stereocenters. The van der Waals surface area contributed by atoms with Crippen LogP contribution in [0.3, 0.4) is 0 Å². The Bertz CT molecular complexity index is 537. The van der Waals surface area contributed by atoms with E-state index < -0.39 is 5.97 Å². The summed E-state index contributed by atoms with van der Waals surface area (Å²) in [6, 6.07) is 5.67. The Morgan fingerprint density at radius 3 is 2.67 bits per heavy atom. The molecule has 1 aromatic rings. The number of rotatable bonds is 7. The Hall–Kier alpha value is -2.04. The number of hydrogen-bond acceptors (Lipinski definition) is 3. The molecule has 0 saturated heterocycles. The van der Waals surface area contributed by atoms with Gasteiger partial charge in [-0.2, -0.15) is 0 Å². The highest BCUT2D eigenvalue weighted by molar-refractivity contribution is 5.82. The Kier molecular flexibility index (Phi) is 4.83. The Morgan fingerprint density at radius 2 is 2.05 bits per heavy atom. The molecular weight excluding hydrogens is 270 g/mol. The number of nitrogens with zero attached hydrogens (tertiary/aromatic N) is 1. The summed E-state index contributed by atoms with van der Waals surface area (Å²) in [5.41, 5.74) is 2.09. The number of ether oxygens (including phenoxy) is 1. The summed E-state index contributed by atoms with van der Waals surface area (Å²) < 4.78 is 5.56. The zero-order chi connectivity index (χ0) is 15.4. The van der Waals surface area contributed by atoms with Crippen LogP contribution in [0.5, 0.6) is 5.75 Å². The van der Waals surface area contributed by atoms with Gasteiger partial charge in [-0.25, -0.2) is 0 Å². The van der Waals surface area contributed by atoms with Crippen molar-refractivity contribution >= 4 is 11.9 Å². The molecule has 0 atom stereocenters. The van der Waals surface area contributed by atoms with Crippen LogP contribution in [0.2, 0.25) is 0 Å². The molecule has 0 spiro atoms. The SMILES string of the molecule is Cc1cccc(OCC(=O)N(CC(=O)O)CC2CC2)c1C. The van der Waals surface area contributed by atoms with Gasteiger partial charge in [0.15, 0.2) is 6.61 Å². The quantitative estimate of drug-likeness (QED) is 0.834. The molecule has 2 rings (SSSR count). The minimum absolute atomic E-state index is 0.121. The van der Waals surface area contributed by atoms with Gasteiger partial charge in [-0.05, 0) is 49.8 Å². The second kappa shape index (κ2) is 6.61. The van der Waals surface area contributed by atoms with Gasteiger partial charge in [-0.15, -0.1) is 0 Å². The number of aliphatic carboxylic acids is 1. The van der Waals surface area contributed by atoms with Crippen molar-refractivity contribution < 1.29 is 19.4 Å². The first-order chi connectivity index (χ1) is 9.97. The molecule has 1 N–H and O–H groups in total. The third-order valence-electron chi connectivity index (χ3n) is 3.76. The van der Waals surface area contributed by atoms with Crippen molar-refractivity contribution in [2.75, 3.05) is 19.7 Å². The molecule has 21 heavy (non-hydrogen) atoms. The summed E-state index contributed by atoms with van der Waals surface area (Å²) in [7, 11) is 0. The molecule has 1 aromatic carbocycles. The van der Waals surface area contributed by atoms with E-state index in [4.69, 9.17) is 9.84 Å².